The molecule has 0 N–H and O–H groups in total. The van der Waals surface area contributed by atoms with Crippen LogP contribution in [-0.2, 0) is 0 Å². The lowest BCUT2D eigenvalue weighted by atomic mass is 10.0. The quantitative estimate of drug-likeness (QED) is 0.544. The lowest BCUT2D eigenvalue weighted by Gasteiger charge is -2.06. The van der Waals surface area contributed by atoms with Gasteiger partial charge < -0.3 is 4.90 Å². The van der Waals surface area contributed by atoms with E-state index in [1.54, 1.807) is 6.34 Å². The topological polar surface area (TPSA) is 39.4 Å². The molecule has 0 unspecified atom stereocenters. The van der Waals surface area contributed by atoms with Gasteiger partial charge in [0.2, 0.25) is 0 Å². The molecule has 0 aliphatic carbocycles. The van der Waals surface area contributed by atoms with E-state index in [0.717, 1.165) is 16.8 Å². The molecule has 0 bridgehead atoms. The predicted octanol–water partition coefficient (Wildman–Crippen LogP) is 2.40. The van der Waals surface area contributed by atoms with Gasteiger partial charge in [0.05, 0.1) is 17.6 Å². The first-order chi connectivity index (χ1) is 7.04. The van der Waals surface area contributed by atoms with Crippen molar-refractivity contribution in [2.45, 2.75) is 13.8 Å². The number of nitriles is 1. The second-order valence-electron chi connectivity index (χ2n) is 3.80. The summed E-state index contributed by atoms with van der Waals surface area (Å²) in [5.74, 6) is 0. The second-order valence-corrected chi connectivity index (χ2v) is 3.80. The molecule has 0 fully saturated rings. The van der Waals surface area contributed by atoms with Gasteiger partial charge in [0.1, 0.15) is 6.07 Å². The van der Waals surface area contributed by atoms with Gasteiger partial charge in [0, 0.05) is 14.1 Å². The Labute approximate surface area is 90.7 Å². The number of rotatable bonds is 2. The van der Waals surface area contributed by atoms with Crippen molar-refractivity contribution in [3.8, 4) is 6.07 Å². The van der Waals surface area contributed by atoms with E-state index in [2.05, 4.69) is 11.1 Å². The Bertz CT molecular complexity index is 425. The lowest BCUT2D eigenvalue weighted by molar-refractivity contribution is 0.643. The zero-order chi connectivity index (χ0) is 11.4. The molecule has 1 rings (SSSR count). The highest BCUT2D eigenvalue weighted by atomic mass is 15.1. The first-order valence-corrected chi connectivity index (χ1v) is 4.76. The van der Waals surface area contributed by atoms with Gasteiger partial charge in [0.15, 0.2) is 0 Å². The van der Waals surface area contributed by atoms with Crippen LogP contribution >= 0.6 is 0 Å². The number of aliphatic imine (C=N–C) groups is 1. The molecule has 0 saturated heterocycles. The van der Waals surface area contributed by atoms with E-state index in [1.165, 1.54) is 0 Å². The van der Waals surface area contributed by atoms with Gasteiger partial charge in [-0.25, -0.2) is 4.99 Å². The fraction of sp³-hybridized carbons (Fsp3) is 0.333. The number of hydrogen-bond acceptors (Lipinski definition) is 2. The predicted molar refractivity (Wildman–Crippen MR) is 62.5 cm³/mol. The fourth-order valence-corrected chi connectivity index (χ4v) is 1.37. The monoisotopic (exact) mass is 201 g/mol. The van der Waals surface area contributed by atoms with Crippen molar-refractivity contribution >= 4 is 12.0 Å². The maximum absolute atomic E-state index is 9.02. The van der Waals surface area contributed by atoms with Gasteiger partial charge >= 0.3 is 0 Å². The molecule has 1 aromatic rings. The highest BCUT2D eigenvalue weighted by Crippen LogP contribution is 2.23. The van der Waals surface area contributed by atoms with E-state index in [4.69, 9.17) is 5.26 Å². The highest BCUT2D eigenvalue weighted by Gasteiger charge is 2.04. The molecule has 0 saturated carbocycles. The molecule has 1 aromatic carbocycles. The average Bonchev–Trinajstić information content (AvgIpc) is 2.13. The van der Waals surface area contributed by atoms with Crippen molar-refractivity contribution in [3.63, 3.8) is 0 Å². The van der Waals surface area contributed by atoms with Gasteiger partial charge in [-0.3, -0.25) is 0 Å². The maximum Gasteiger partial charge on any atom is 0.102 e. The highest BCUT2D eigenvalue weighted by molar-refractivity contribution is 5.67. The minimum atomic E-state index is 0.652. The minimum absolute atomic E-state index is 0.652. The largest absolute Gasteiger partial charge is 0.369 e. The van der Waals surface area contributed by atoms with Crippen LogP contribution in [0.5, 0.6) is 0 Å². The third-order valence-corrected chi connectivity index (χ3v) is 2.00. The van der Waals surface area contributed by atoms with Crippen LogP contribution in [0, 0.1) is 25.2 Å². The molecule has 0 amide bonds. The number of aryl methyl sites for hydroxylation is 2. The Balaban J connectivity index is 3.22. The van der Waals surface area contributed by atoms with Crippen LogP contribution in [0.1, 0.15) is 16.7 Å². The van der Waals surface area contributed by atoms with Crippen LogP contribution < -0.4 is 0 Å². The van der Waals surface area contributed by atoms with Crippen LogP contribution in [0.15, 0.2) is 17.1 Å². The van der Waals surface area contributed by atoms with Crippen molar-refractivity contribution in [1.29, 1.82) is 5.26 Å². The van der Waals surface area contributed by atoms with E-state index in [-0.39, 0.29) is 0 Å². The molecule has 15 heavy (non-hydrogen) atoms. The SMILES string of the molecule is Cc1cc(C)c(C#N)c(/N=C/N(C)C)c1. The Morgan fingerprint density at radius 1 is 1.33 bits per heavy atom. The standard InChI is InChI=1S/C12H15N3/c1-9-5-10(2)11(7-13)12(6-9)14-8-15(3)4/h5-6,8H,1-4H3/b14-8+. The Morgan fingerprint density at radius 3 is 2.53 bits per heavy atom. The summed E-state index contributed by atoms with van der Waals surface area (Å²) in [5.41, 5.74) is 3.49. The molecular formula is C12H15N3. The number of nitrogens with zero attached hydrogens (tertiary/aromatic N) is 3. The molecule has 0 aromatic heterocycles. The van der Waals surface area contributed by atoms with E-state index < -0.39 is 0 Å². The molecular weight excluding hydrogens is 186 g/mol. The smallest absolute Gasteiger partial charge is 0.102 e. The van der Waals surface area contributed by atoms with Crippen molar-refractivity contribution in [2.75, 3.05) is 14.1 Å². The molecule has 0 aliphatic rings. The minimum Gasteiger partial charge on any atom is -0.369 e. The van der Waals surface area contributed by atoms with Gasteiger partial charge in [0.25, 0.3) is 0 Å². The summed E-state index contributed by atoms with van der Waals surface area (Å²) >= 11 is 0. The van der Waals surface area contributed by atoms with E-state index in [1.807, 2.05) is 45.0 Å². The zero-order valence-electron chi connectivity index (χ0n) is 9.57. The van der Waals surface area contributed by atoms with Gasteiger partial charge in [-0.15, -0.1) is 0 Å². The number of benzene rings is 1. The third kappa shape index (κ3) is 2.81. The first-order valence-electron chi connectivity index (χ1n) is 4.76. The van der Waals surface area contributed by atoms with E-state index in [9.17, 15) is 0 Å². The Morgan fingerprint density at radius 2 is 2.00 bits per heavy atom. The summed E-state index contributed by atoms with van der Waals surface area (Å²) in [5, 5.41) is 9.02. The van der Waals surface area contributed by atoms with E-state index >= 15 is 0 Å². The fourth-order valence-electron chi connectivity index (χ4n) is 1.37. The van der Waals surface area contributed by atoms with Crippen molar-refractivity contribution in [2.24, 2.45) is 4.99 Å². The lowest BCUT2D eigenvalue weighted by Crippen LogP contribution is -2.07. The third-order valence-electron chi connectivity index (χ3n) is 2.00. The molecule has 0 radical (unpaired) electrons. The Hall–Kier alpha value is -1.82. The van der Waals surface area contributed by atoms with Crippen LogP contribution in [-0.4, -0.2) is 25.3 Å². The molecule has 0 aliphatic heterocycles. The summed E-state index contributed by atoms with van der Waals surface area (Å²) in [6, 6.07) is 6.10. The summed E-state index contributed by atoms with van der Waals surface area (Å²) in [4.78, 5) is 6.12. The normalized spacial score (nSPS) is 10.3. The van der Waals surface area contributed by atoms with Gasteiger partial charge in [-0.2, -0.15) is 5.26 Å². The molecule has 0 spiro atoms. The van der Waals surface area contributed by atoms with Gasteiger partial charge in [-0.1, -0.05) is 6.07 Å². The molecule has 3 heteroatoms. The molecule has 78 valence electrons. The van der Waals surface area contributed by atoms with Crippen molar-refractivity contribution in [3.05, 3.63) is 28.8 Å². The molecule has 3 nitrogen and oxygen atoms in total. The Kier molecular flexibility index (Phi) is 3.46. The van der Waals surface area contributed by atoms with Crippen LogP contribution in [0.4, 0.5) is 5.69 Å². The summed E-state index contributed by atoms with van der Waals surface area (Å²) in [6.45, 7) is 3.93. The van der Waals surface area contributed by atoms with E-state index in [0.29, 0.717) is 5.56 Å². The summed E-state index contributed by atoms with van der Waals surface area (Å²) in [6.07, 6.45) is 1.70. The summed E-state index contributed by atoms with van der Waals surface area (Å²) < 4.78 is 0. The van der Waals surface area contributed by atoms with Crippen molar-refractivity contribution < 1.29 is 0 Å². The average molecular weight is 201 g/mol. The van der Waals surface area contributed by atoms with Crippen LogP contribution in [0.3, 0.4) is 0 Å². The van der Waals surface area contributed by atoms with Crippen LogP contribution in [0.25, 0.3) is 0 Å². The second kappa shape index (κ2) is 4.61. The number of hydrogen-bond donors (Lipinski definition) is 0. The summed E-state index contributed by atoms with van der Waals surface area (Å²) in [7, 11) is 3.80. The molecule has 0 heterocycles. The van der Waals surface area contributed by atoms with Crippen molar-refractivity contribution in [1.82, 2.24) is 4.90 Å². The first kappa shape index (κ1) is 11.3. The van der Waals surface area contributed by atoms with Gasteiger partial charge in [-0.05, 0) is 31.0 Å². The molecule has 0 atom stereocenters. The van der Waals surface area contributed by atoms with Crippen LogP contribution in [0.2, 0.25) is 0 Å². The zero-order valence-corrected chi connectivity index (χ0v) is 9.57. The maximum atomic E-state index is 9.02.